The molecule has 1 fully saturated rings. The minimum atomic E-state index is -0.568. The summed E-state index contributed by atoms with van der Waals surface area (Å²) in [6.45, 7) is 5.94. The van der Waals surface area contributed by atoms with E-state index < -0.39 is 17.8 Å². The molecule has 0 radical (unpaired) electrons. The SMILES string of the molecule is CCCCc1ccc(N2C[C@H](C(=O)OCC(=O)Nc3ccc(C)cc3C)CC2=O)cc1. The molecular weight excluding hydrogens is 392 g/mol. The van der Waals surface area contributed by atoms with Crippen LogP contribution in [0.4, 0.5) is 11.4 Å². The summed E-state index contributed by atoms with van der Waals surface area (Å²) in [5.41, 5.74) is 4.76. The number of carbonyl (C=O) groups is 3. The Bertz CT molecular complexity index is 952. The van der Waals surface area contributed by atoms with Crippen molar-refractivity contribution in [3.8, 4) is 0 Å². The third-order valence-electron chi connectivity index (χ3n) is 5.53. The van der Waals surface area contributed by atoms with Crippen LogP contribution in [0.25, 0.3) is 0 Å². The molecule has 1 saturated heterocycles. The van der Waals surface area contributed by atoms with Gasteiger partial charge in [-0.2, -0.15) is 0 Å². The molecule has 164 valence electrons. The van der Waals surface area contributed by atoms with E-state index in [1.54, 1.807) is 4.90 Å². The normalized spacial score (nSPS) is 15.8. The Labute approximate surface area is 183 Å². The van der Waals surface area contributed by atoms with Crippen molar-refractivity contribution in [3.05, 3.63) is 59.2 Å². The van der Waals surface area contributed by atoms with E-state index in [0.717, 1.165) is 36.1 Å². The number of ether oxygens (including phenoxy) is 1. The maximum Gasteiger partial charge on any atom is 0.311 e. The van der Waals surface area contributed by atoms with Crippen LogP contribution in [0.2, 0.25) is 0 Å². The van der Waals surface area contributed by atoms with Crippen molar-refractivity contribution in [3.63, 3.8) is 0 Å². The number of nitrogens with zero attached hydrogens (tertiary/aromatic N) is 1. The number of aryl methyl sites for hydroxylation is 3. The van der Waals surface area contributed by atoms with E-state index in [0.29, 0.717) is 5.69 Å². The first kappa shape index (κ1) is 22.5. The molecule has 1 aliphatic rings. The number of carbonyl (C=O) groups excluding carboxylic acids is 3. The van der Waals surface area contributed by atoms with Crippen LogP contribution < -0.4 is 10.2 Å². The average Bonchev–Trinajstić information content (AvgIpc) is 3.14. The summed E-state index contributed by atoms with van der Waals surface area (Å²) in [7, 11) is 0. The van der Waals surface area contributed by atoms with Crippen molar-refractivity contribution in [2.24, 2.45) is 5.92 Å². The zero-order valence-electron chi connectivity index (χ0n) is 18.4. The summed E-state index contributed by atoms with van der Waals surface area (Å²) in [5.74, 6) is -1.60. The molecule has 0 aliphatic carbocycles. The number of rotatable bonds is 8. The van der Waals surface area contributed by atoms with E-state index in [9.17, 15) is 14.4 Å². The van der Waals surface area contributed by atoms with Crippen molar-refractivity contribution < 1.29 is 19.1 Å². The first-order chi connectivity index (χ1) is 14.9. The van der Waals surface area contributed by atoms with E-state index in [2.05, 4.69) is 12.2 Å². The molecule has 1 atom stereocenters. The Morgan fingerprint density at radius 1 is 1.13 bits per heavy atom. The average molecular weight is 423 g/mol. The Kier molecular flexibility index (Phi) is 7.45. The Morgan fingerprint density at radius 3 is 2.55 bits per heavy atom. The predicted octanol–water partition coefficient (Wildman–Crippen LogP) is 4.18. The molecule has 6 nitrogen and oxygen atoms in total. The van der Waals surface area contributed by atoms with Crippen LogP contribution in [0, 0.1) is 19.8 Å². The van der Waals surface area contributed by atoms with Crippen LogP contribution in [0.5, 0.6) is 0 Å². The van der Waals surface area contributed by atoms with Crippen LogP contribution in [-0.4, -0.2) is 30.9 Å². The van der Waals surface area contributed by atoms with Gasteiger partial charge in [-0.25, -0.2) is 0 Å². The zero-order chi connectivity index (χ0) is 22.4. The molecular formula is C25H30N2O4. The van der Waals surface area contributed by atoms with Crippen LogP contribution in [0.3, 0.4) is 0 Å². The lowest BCUT2D eigenvalue weighted by Crippen LogP contribution is -2.28. The van der Waals surface area contributed by atoms with Crippen molar-refractivity contribution in [2.45, 2.75) is 46.5 Å². The quantitative estimate of drug-likeness (QED) is 0.648. The van der Waals surface area contributed by atoms with Crippen LogP contribution in [-0.2, 0) is 25.5 Å². The van der Waals surface area contributed by atoms with Crippen molar-refractivity contribution in [1.82, 2.24) is 0 Å². The highest BCUT2D eigenvalue weighted by molar-refractivity contribution is 6.00. The smallest absolute Gasteiger partial charge is 0.311 e. The molecule has 1 aliphatic heterocycles. The molecule has 0 aromatic heterocycles. The zero-order valence-corrected chi connectivity index (χ0v) is 18.4. The topological polar surface area (TPSA) is 75.7 Å². The monoisotopic (exact) mass is 422 g/mol. The highest BCUT2D eigenvalue weighted by Gasteiger charge is 2.36. The summed E-state index contributed by atoms with van der Waals surface area (Å²) >= 11 is 0. The van der Waals surface area contributed by atoms with Gasteiger partial charge in [0.2, 0.25) is 5.91 Å². The first-order valence-electron chi connectivity index (χ1n) is 10.8. The molecule has 6 heteroatoms. The number of hydrogen-bond donors (Lipinski definition) is 1. The summed E-state index contributed by atoms with van der Waals surface area (Å²) in [6.07, 6.45) is 3.38. The maximum absolute atomic E-state index is 12.4. The summed E-state index contributed by atoms with van der Waals surface area (Å²) in [5, 5.41) is 2.75. The number of esters is 1. The van der Waals surface area contributed by atoms with Crippen molar-refractivity contribution >= 4 is 29.2 Å². The molecule has 31 heavy (non-hydrogen) atoms. The third kappa shape index (κ3) is 5.94. The Balaban J connectivity index is 1.51. The summed E-state index contributed by atoms with van der Waals surface area (Å²) < 4.78 is 5.19. The van der Waals surface area contributed by atoms with Gasteiger partial charge < -0.3 is 15.0 Å². The molecule has 2 amide bonds. The van der Waals surface area contributed by atoms with Crippen LogP contribution >= 0.6 is 0 Å². The third-order valence-corrected chi connectivity index (χ3v) is 5.53. The second-order valence-electron chi connectivity index (χ2n) is 8.15. The second kappa shape index (κ2) is 10.2. The van der Waals surface area contributed by atoms with E-state index in [-0.39, 0.29) is 25.5 Å². The highest BCUT2D eigenvalue weighted by atomic mass is 16.5. The van der Waals surface area contributed by atoms with Gasteiger partial charge in [-0.05, 0) is 56.0 Å². The van der Waals surface area contributed by atoms with Crippen LogP contribution in [0.15, 0.2) is 42.5 Å². The highest BCUT2D eigenvalue weighted by Crippen LogP contribution is 2.26. The van der Waals surface area contributed by atoms with Gasteiger partial charge in [0.15, 0.2) is 6.61 Å². The maximum atomic E-state index is 12.4. The van der Waals surface area contributed by atoms with Gasteiger partial charge in [0.25, 0.3) is 5.91 Å². The molecule has 0 saturated carbocycles. The van der Waals surface area contributed by atoms with E-state index >= 15 is 0 Å². The fourth-order valence-corrected chi connectivity index (χ4v) is 3.73. The number of benzene rings is 2. The van der Waals surface area contributed by atoms with Gasteiger partial charge in [0.1, 0.15) is 0 Å². The van der Waals surface area contributed by atoms with Gasteiger partial charge in [0, 0.05) is 24.3 Å². The summed E-state index contributed by atoms with van der Waals surface area (Å²) in [6, 6.07) is 13.6. The van der Waals surface area contributed by atoms with Gasteiger partial charge >= 0.3 is 5.97 Å². The first-order valence-corrected chi connectivity index (χ1v) is 10.8. The molecule has 3 rings (SSSR count). The molecule has 0 bridgehead atoms. The van der Waals surface area contributed by atoms with Gasteiger partial charge in [-0.1, -0.05) is 43.2 Å². The lowest BCUT2D eigenvalue weighted by molar-refractivity contribution is -0.151. The fraction of sp³-hybridized carbons (Fsp3) is 0.400. The van der Waals surface area contributed by atoms with E-state index in [1.165, 1.54) is 5.56 Å². The Morgan fingerprint density at radius 2 is 1.87 bits per heavy atom. The van der Waals surface area contributed by atoms with E-state index in [4.69, 9.17) is 4.74 Å². The number of amides is 2. The second-order valence-corrected chi connectivity index (χ2v) is 8.15. The Hall–Kier alpha value is -3.15. The molecule has 1 heterocycles. The lowest BCUT2D eigenvalue weighted by atomic mass is 10.1. The number of nitrogens with one attached hydrogen (secondary N) is 1. The number of hydrogen-bond acceptors (Lipinski definition) is 4. The molecule has 0 unspecified atom stereocenters. The van der Waals surface area contributed by atoms with Gasteiger partial charge in [0.05, 0.1) is 5.92 Å². The lowest BCUT2D eigenvalue weighted by Gasteiger charge is -2.17. The fourth-order valence-electron chi connectivity index (χ4n) is 3.73. The van der Waals surface area contributed by atoms with Gasteiger partial charge in [-0.15, -0.1) is 0 Å². The largest absolute Gasteiger partial charge is 0.455 e. The number of unbranched alkanes of at least 4 members (excludes halogenated alkanes) is 1. The standard InChI is InChI=1S/C25H30N2O4/c1-4-5-6-19-8-10-21(11-9-19)27-15-20(14-24(27)29)25(30)31-16-23(28)26-22-12-7-17(2)13-18(22)3/h7-13,20H,4-6,14-16H2,1-3H3,(H,26,28)/t20-/m1/s1. The molecule has 2 aromatic rings. The minimum absolute atomic E-state index is 0.0924. The van der Waals surface area contributed by atoms with Crippen molar-refractivity contribution in [2.75, 3.05) is 23.4 Å². The van der Waals surface area contributed by atoms with Crippen LogP contribution in [0.1, 0.15) is 42.9 Å². The van der Waals surface area contributed by atoms with E-state index in [1.807, 2.05) is 56.3 Å². The summed E-state index contributed by atoms with van der Waals surface area (Å²) in [4.78, 5) is 38.6. The molecule has 2 aromatic carbocycles. The molecule has 1 N–H and O–H groups in total. The van der Waals surface area contributed by atoms with Gasteiger partial charge in [-0.3, -0.25) is 14.4 Å². The minimum Gasteiger partial charge on any atom is -0.455 e. The predicted molar refractivity (Wildman–Crippen MR) is 121 cm³/mol. The van der Waals surface area contributed by atoms with Crippen molar-refractivity contribution in [1.29, 1.82) is 0 Å². The number of anilines is 2. The molecule has 0 spiro atoms.